The molecule has 6 heteroatoms. The zero-order chi connectivity index (χ0) is 13.8. The van der Waals surface area contributed by atoms with Crippen molar-refractivity contribution in [1.82, 2.24) is 4.98 Å². The minimum Gasteiger partial charge on any atom is -0.497 e. The van der Waals surface area contributed by atoms with Gasteiger partial charge in [-0.25, -0.2) is 0 Å². The van der Waals surface area contributed by atoms with Crippen molar-refractivity contribution in [3.8, 4) is 23.4 Å². The summed E-state index contributed by atoms with van der Waals surface area (Å²) >= 11 is 5.78. The predicted octanol–water partition coefficient (Wildman–Crippen LogP) is 2.99. The number of halogens is 1. The van der Waals surface area contributed by atoms with Gasteiger partial charge in [0.25, 0.3) is 0 Å². The van der Waals surface area contributed by atoms with Crippen molar-refractivity contribution in [2.75, 3.05) is 12.8 Å². The number of pyridine rings is 1. The number of ether oxygens (including phenoxy) is 2. The summed E-state index contributed by atoms with van der Waals surface area (Å²) in [6.45, 7) is 0. The number of aromatic nitrogens is 1. The Hall–Kier alpha value is -2.45. The van der Waals surface area contributed by atoms with Crippen LogP contribution in [-0.4, -0.2) is 12.1 Å². The normalized spacial score (nSPS) is 9.74. The number of nitrogens with zero attached hydrogens (tertiary/aromatic N) is 2. The highest BCUT2D eigenvalue weighted by Crippen LogP contribution is 2.30. The lowest BCUT2D eigenvalue weighted by atomic mass is 10.2. The zero-order valence-electron chi connectivity index (χ0n) is 10.1. The van der Waals surface area contributed by atoms with Gasteiger partial charge in [-0.15, -0.1) is 0 Å². The van der Waals surface area contributed by atoms with Crippen molar-refractivity contribution in [3.05, 3.63) is 41.0 Å². The quantitative estimate of drug-likeness (QED) is 0.871. The van der Waals surface area contributed by atoms with Crippen LogP contribution < -0.4 is 15.2 Å². The SMILES string of the molecule is COc1cc(C#N)cc(Oc2nc(Cl)ccc2N)c1. The van der Waals surface area contributed by atoms with Gasteiger partial charge in [-0.2, -0.15) is 10.2 Å². The summed E-state index contributed by atoms with van der Waals surface area (Å²) in [6.07, 6.45) is 0. The number of hydrogen-bond acceptors (Lipinski definition) is 5. The molecule has 0 radical (unpaired) electrons. The molecule has 2 N–H and O–H groups in total. The molecule has 1 aromatic heterocycles. The van der Waals surface area contributed by atoms with Gasteiger partial charge in [0.1, 0.15) is 16.7 Å². The topological polar surface area (TPSA) is 81.2 Å². The molecule has 2 aromatic rings. The summed E-state index contributed by atoms with van der Waals surface area (Å²) in [4.78, 5) is 3.97. The Morgan fingerprint density at radius 1 is 1.26 bits per heavy atom. The number of benzene rings is 1. The van der Waals surface area contributed by atoms with Crippen molar-refractivity contribution in [1.29, 1.82) is 5.26 Å². The molecular formula is C13H10ClN3O2. The predicted molar refractivity (Wildman–Crippen MR) is 71.4 cm³/mol. The molecule has 0 atom stereocenters. The maximum atomic E-state index is 8.92. The summed E-state index contributed by atoms with van der Waals surface area (Å²) < 4.78 is 10.6. The van der Waals surface area contributed by atoms with Crippen LogP contribution in [0.4, 0.5) is 5.69 Å². The molecule has 19 heavy (non-hydrogen) atoms. The smallest absolute Gasteiger partial charge is 0.244 e. The van der Waals surface area contributed by atoms with Gasteiger partial charge in [0.2, 0.25) is 5.88 Å². The van der Waals surface area contributed by atoms with Crippen LogP contribution in [0.25, 0.3) is 0 Å². The van der Waals surface area contributed by atoms with Crippen LogP contribution in [0.15, 0.2) is 30.3 Å². The second-order valence-corrected chi connectivity index (χ2v) is 4.03. The molecule has 96 valence electrons. The van der Waals surface area contributed by atoms with E-state index < -0.39 is 0 Å². The van der Waals surface area contributed by atoms with Crippen LogP contribution in [-0.2, 0) is 0 Å². The number of nitriles is 1. The molecule has 0 aliphatic carbocycles. The number of rotatable bonds is 3. The average Bonchev–Trinajstić information content (AvgIpc) is 2.42. The molecule has 0 aliphatic heterocycles. The summed E-state index contributed by atoms with van der Waals surface area (Å²) in [7, 11) is 1.51. The van der Waals surface area contributed by atoms with Crippen molar-refractivity contribution < 1.29 is 9.47 Å². The van der Waals surface area contributed by atoms with Gasteiger partial charge >= 0.3 is 0 Å². The van der Waals surface area contributed by atoms with Crippen LogP contribution in [0, 0.1) is 11.3 Å². The average molecular weight is 276 g/mol. The van der Waals surface area contributed by atoms with E-state index in [0.717, 1.165) is 0 Å². The van der Waals surface area contributed by atoms with E-state index in [-0.39, 0.29) is 11.0 Å². The molecule has 0 amide bonds. The van der Waals surface area contributed by atoms with Crippen LogP contribution in [0.5, 0.6) is 17.4 Å². The van der Waals surface area contributed by atoms with Crippen molar-refractivity contribution >= 4 is 17.3 Å². The van der Waals surface area contributed by atoms with Gasteiger partial charge in [-0.05, 0) is 24.3 Å². The Morgan fingerprint density at radius 3 is 2.68 bits per heavy atom. The maximum Gasteiger partial charge on any atom is 0.244 e. The number of nitrogens with two attached hydrogens (primary N) is 1. The molecule has 1 aromatic carbocycles. The highest BCUT2D eigenvalue weighted by Gasteiger charge is 2.08. The number of nitrogen functional groups attached to an aromatic ring is 1. The second kappa shape index (κ2) is 5.46. The highest BCUT2D eigenvalue weighted by atomic mass is 35.5. The summed E-state index contributed by atoms with van der Waals surface area (Å²) in [5, 5.41) is 9.20. The van der Waals surface area contributed by atoms with Gasteiger partial charge in [0, 0.05) is 6.07 Å². The molecule has 0 fully saturated rings. The Balaban J connectivity index is 2.38. The van der Waals surface area contributed by atoms with E-state index >= 15 is 0 Å². The van der Waals surface area contributed by atoms with Crippen LogP contribution >= 0.6 is 11.6 Å². The van der Waals surface area contributed by atoms with Crippen molar-refractivity contribution in [2.24, 2.45) is 0 Å². The lowest BCUT2D eigenvalue weighted by Crippen LogP contribution is -1.96. The van der Waals surface area contributed by atoms with Crippen LogP contribution in [0.3, 0.4) is 0 Å². The Bertz CT molecular complexity index is 653. The molecule has 5 nitrogen and oxygen atoms in total. The monoisotopic (exact) mass is 275 g/mol. The first-order valence-corrected chi connectivity index (χ1v) is 5.69. The van der Waals surface area contributed by atoms with E-state index in [4.69, 9.17) is 32.1 Å². The molecule has 0 bridgehead atoms. The van der Waals surface area contributed by atoms with E-state index in [2.05, 4.69) is 4.98 Å². The van der Waals surface area contributed by atoms with Gasteiger partial charge in [-0.3, -0.25) is 0 Å². The van der Waals surface area contributed by atoms with Crippen molar-refractivity contribution in [2.45, 2.75) is 0 Å². The van der Waals surface area contributed by atoms with Crippen LogP contribution in [0.1, 0.15) is 5.56 Å². The fourth-order valence-electron chi connectivity index (χ4n) is 1.44. The lowest BCUT2D eigenvalue weighted by Gasteiger charge is -2.09. The first-order valence-electron chi connectivity index (χ1n) is 5.31. The molecule has 0 aliphatic rings. The molecule has 0 saturated heterocycles. The fraction of sp³-hybridized carbons (Fsp3) is 0.0769. The highest BCUT2D eigenvalue weighted by molar-refractivity contribution is 6.29. The third-order valence-corrected chi connectivity index (χ3v) is 2.53. The molecule has 0 spiro atoms. The summed E-state index contributed by atoms with van der Waals surface area (Å²) in [6, 6.07) is 9.96. The molecule has 0 saturated carbocycles. The minimum atomic E-state index is 0.185. The number of methoxy groups -OCH3 is 1. The van der Waals surface area contributed by atoms with Gasteiger partial charge in [-0.1, -0.05) is 11.6 Å². The van der Waals surface area contributed by atoms with Crippen molar-refractivity contribution in [3.63, 3.8) is 0 Å². The third kappa shape index (κ3) is 3.06. The Morgan fingerprint density at radius 2 is 2.00 bits per heavy atom. The Labute approximate surface area is 115 Å². The lowest BCUT2D eigenvalue weighted by molar-refractivity contribution is 0.407. The molecule has 1 heterocycles. The number of anilines is 1. The molecular weight excluding hydrogens is 266 g/mol. The molecule has 2 rings (SSSR count). The van der Waals surface area contributed by atoms with E-state index in [9.17, 15) is 0 Å². The standard InChI is InChI=1S/C13H10ClN3O2/c1-18-9-4-8(7-15)5-10(6-9)19-13-11(16)2-3-12(14)17-13/h2-6H,16H2,1H3. The van der Waals surface area contributed by atoms with E-state index in [1.165, 1.54) is 7.11 Å². The Kier molecular flexibility index (Phi) is 3.74. The number of hydrogen-bond donors (Lipinski definition) is 1. The zero-order valence-corrected chi connectivity index (χ0v) is 10.8. The minimum absolute atomic E-state index is 0.185. The first-order chi connectivity index (χ1) is 9.12. The summed E-state index contributed by atoms with van der Waals surface area (Å²) in [5.41, 5.74) is 6.50. The molecule has 0 unspecified atom stereocenters. The third-order valence-electron chi connectivity index (χ3n) is 2.32. The maximum absolute atomic E-state index is 8.92. The fourth-order valence-corrected chi connectivity index (χ4v) is 1.57. The largest absolute Gasteiger partial charge is 0.497 e. The summed E-state index contributed by atoms with van der Waals surface area (Å²) in [5.74, 6) is 1.09. The second-order valence-electron chi connectivity index (χ2n) is 3.64. The van der Waals surface area contributed by atoms with Crippen LogP contribution in [0.2, 0.25) is 5.15 Å². The van der Waals surface area contributed by atoms with Gasteiger partial charge < -0.3 is 15.2 Å². The van der Waals surface area contributed by atoms with E-state index in [0.29, 0.717) is 22.7 Å². The first kappa shape index (κ1) is 13.0. The van der Waals surface area contributed by atoms with E-state index in [1.807, 2.05) is 6.07 Å². The van der Waals surface area contributed by atoms with Gasteiger partial charge in [0.05, 0.1) is 24.4 Å². The van der Waals surface area contributed by atoms with E-state index in [1.54, 1.807) is 30.3 Å². The van der Waals surface area contributed by atoms with Gasteiger partial charge in [0.15, 0.2) is 0 Å².